The lowest BCUT2D eigenvalue weighted by Gasteiger charge is -2.14. The van der Waals surface area contributed by atoms with E-state index in [4.69, 9.17) is 4.74 Å². The number of ether oxygens (including phenoxy) is 1. The number of alkyl halides is 3. The molecule has 0 aliphatic rings. The van der Waals surface area contributed by atoms with Gasteiger partial charge in [-0.05, 0) is 42.3 Å². The first-order valence-electron chi connectivity index (χ1n) is 8.44. The van der Waals surface area contributed by atoms with E-state index in [1.807, 2.05) is 19.1 Å². The third-order valence-electron chi connectivity index (χ3n) is 3.94. The molecule has 1 N–H and O–H groups in total. The van der Waals surface area contributed by atoms with Gasteiger partial charge in [0.05, 0.1) is 16.9 Å². The SMILES string of the molecule is CCc1cccc(OCC(=O)Nc2cc(C(F)(F)F)ccc2-n2cncn2)c1. The zero-order chi connectivity index (χ0) is 20.1. The zero-order valence-electron chi connectivity index (χ0n) is 14.9. The molecule has 3 aromatic rings. The number of amides is 1. The standard InChI is InChI=1S/C19H17F3N4O2/c1-2-13-4-3-5-15(8-13)28-10-18(27)25-16-9-14(19(20,21)22)6-7-17(16)26-12-23-11-24-26/h3-9,11-12H,2,10H2,1H3,(H,25,27). The number of hydrogen-bond donors (Lipinski definition) is 1. The van der Waals surface area contributed by atoms with E-state index in [1.54, 1.807) is 12.1 Å². The fraction of sp³-hybridized carbons (Fsp3) is 0.211. The Morgan fingerprint density at radius 1 is 1.21 bits per heavy atom. The minimum absolute atomic E-state index is 0.0452. The molecule has 28 heavy (non-hydrogen) atoms. The summed E-state index contributed by atoms with van der Waals surface area (Å²) in [6, 6.07) is 10.2. The molecule has 1 heterocycles. The predicted molar refractivity (Wildman–Crippen MR) is 96.3 cm³/mol. The van der Waals surface area contributed by atoms with Crippen LogP contribution in [0.1, 0.15) is 18.1 Å². The van der Waals surface area contributed by atoms with Crippen molar-refractivity contribution in [3.63, 3.8) is 0 Å². The van der Waals surface area contributed by atoms with Crippen LogP contribution in [-0.2, 0) is 17.4 Å². The summed E-state index contributed by atoms with van der Waals surface area (Å²) in [6.45, 7) is 1.64. The van der Waals surface area contributed by atoms with Crippen molar-refractivity contribution in [2.75, 3.05) is 11.9 Å². The number of nitrogens with one attached hydrogen (secondary N) is 1. The second kappa shape index (κ2) is 8.12. The van der Waals surface area contributed by atoms with Gasteiger partial charge in [0.2, 0.25) is 0 Å². The van der Waals surface area contributed by atoms with Crippen molar-refractivity contribution in [3.8, 4) is 11.4 Å². The Balaban J connectivity index is 1.78. The normalized spacial score (nSPS) is 11.3. The molecule has 0 unspecified atom stereocenters. The van der Waals surface area contributed by atoms with E-state index in [1.165, 1.54) is 23.4 Å². The molecule has 3 rings (SSSR count). The molecule has 2 aromatic carbocycles. The molecule has 146 valence electrons. The van der Waals surface area contributed by atoms with Crippen LogP contribution in [0.2, 0.25) is 0 Å². The molecule has 6 nitrogen and oxygen atoms in total. The lowest BCUT2D eigenvalue weighted by molar-refractivity contribution is -0.137. The fourth-order valence-corrected chi connectivity index (χ4v) is 2.54. The number of nitrogens with zero attached hydrogens (tertiary/aromatic N) is 3. The van der Waals surface area contributed by atoms with Gasteiger partial charge < -0.3 is 10.1 Å². The Morgan fingerprint density at radius 2 is 2.04 bits per heavy atom. The van der Waals surface area contributed by atoms with E-state index in [9.17, 15) is 18.0 Å². The lowest BCUT2D eigenvalue weighted by atomic mass is 10.1. The van der Waals surface area contributed by atoms with Crippen molar-refractivity contribution in [3.05, 3.63) is 66.2 Å². The van der Waals surface area contributed by atoms with Gasteiger partial charge in [-0.3, -0.25) is 4.79 Å². The van der Waals surface area contributed by atoms with Crippen molar-refractivity contribution in [1.29, 1.82) is 0 Å². The maximum Gasteiger partial charge on any atom is 0.416 e. The number of carbonyl (C=O) groups excluding carboxylic acids is 1. The number of anilines is 1. The first-order valence-corrected chi connectivity index (χ1v) is 8.44. The topological polar surface area (TPSA) is 69.0 Å². The molecule has 1 amide bonds. The Kier molecular flexibility index (Phi) is 5.62. The van der Waals surface area contributed by atoms with Crippen LogP contribution in [0.5, 0.6) is 5.75 Å². The Bertz CT molecular complexity index is 956. The minimum atomic E-state index is -4.54. The van der Waals surface area contributed by atoms with Crippen LogP contribution in [-0.4, -0.2) is 27.3 Å². The maximum atomic E-state index is 13.0. The molecule has 0 radical (unpaired) electrons. The molecule has 0 bridgehead atoms. The second-order valence-corrected chi connectivity index (χ2v) is 5.91. The highest BCUT2D eigenvalue weighted by Crippen LogP contribution is 2.33. The molecule has 1 aromatic heterocycles. The van der Waals surface area contributed by atoms with Crippen LogP contribution in [0, 0.1) is 0 Å². The van der Waals surface area contributed by atoms with Crippen LogP contribution < -0.4 is 10.1 Å². The molecule has 0 fully saturated rings. The molecule has 0 atom stereocenters. The fourth-order valence-electron chi connectivity index (χ4n) is 2.54. The number of rotatable bonds is 6. The molecule has 0 saturated carbocycles. The molecule has 0 saturated heterocycles. The van der Waals surface area contributed by atoms with Crippen molar-refractivity contribution in [2.24, 2.45) is 0 Å². The first-order chi connectivity index (χ1) is 13.4. The highest BCUT2D eigenvalue weighted by Gasteiger charge is 2.31. The average Bonchev–Trinajstić information content (AvgIpc) is 3.20. The Morgan fingerprint density at radius 3 is 2.71 bits per heavy atom. The Hall–Kier alpha value is -3.36. The second-order valence-electron chi connectivity index (χ2n) is 5.91. The van der Waals surface area contributed by atoms with Crippen LogP contribution in [0.3, 0.4) is 0 Å². The van der Waals surface area contributed by atoms with Gasteiger partial charge >= 0.3 is 6.18 Å². The molecule has 0 aliphatic carbocycles. The highest BCUT2D eigenvalue weighted by atomic mass is 19.4. The molecular formula is C19H17F3N4O2. The van der Waals surface area contributed by atoms with Crippen molar-refractivity contribution in [1.82, 2.24) is 14.8 Å². The molecular weight excluding hydrogens is 373 g/mol. The number of aromatic nitrogens is 3. The van der Waals surface area contributed by atoms with Crippen molar-refractivity contribution < 1.29 is 22.7 Å². The van der Waals surface area contributed by atoms with E-state index in [2.05, 4.69) is 15.4 Å². The van der Waals surface area contributed by atoms with Crippen LogP contribution >= 0.6 is 0 Å². The highest BCUT2D eigenvalue weighted by molar-refractivity contribution is 5.94. The number of halogens is 3. The van der Waals surface area contributed by atoms with E-state index < -0.39 is 17.6 Å². The molecule has 0 spiro atoms. The zero-order valence-corrected chi connectivity index (χ0v) is 14.9. The largest absolute Gasteiger partial charge is 0.484 e. The van der Waals surface area contributed by atoms with E-state index >= 15 is 0 Å². The summed E-state index contributed by atoms with van der Waals surface area (Å²) in [4.78, 5) is 16.0. The third kappa shape index (κ3) is 4.67. The molecule has 0 aliphatic heterocycles. The summed E-state index contributed by atoms with van der Waals surface area (Å²) in [6.07, 6.45) is -1.16. The van der Waals surface area contributed by atoms with Gasteiger partial charge in [-0.25, -0.2) is 9.67 Å². The molecule has 9 heteroatoms. The minimum Gasteiger partial charge on any atom is -0.484 e. The van der Waals surface area contributed by atoms with Crippen LogP contribution in [0.15, 0.2) is 55.1 Å². The van der Waals surface area contributed by atoms with Gasteiger partial charge in [-0.15, -0.1) is 0 Å². The van der Waals surface area contributed by atoms with Gasteiger partial charge in [0.1, 0.15) is 18.4 Å². The average molecular weight is 390 g/mol. The van der Waals surface area contributed by atoms with Crippen molar-refractivity contribution in [2.45, 2.75) is 19.5 Å². The summed E-state index contributed by atoms with van der Waals surface area (Å²) in [5, 5.41) is 6.36. The van der Waals surface area contributed by atoms with E-state index in [0.717, 1.165) is 24.1 Å². The van der Waals surface area contributed by atoms with Gasteiger partial charge in [-0.1, -0.05) is 19.1 Å². The maximum absolute atomic E-state index is 13.0. The smallest absolute Gasteiger partial charge is 0.416 e. The summed E-state index contributed by atoms with van der Waals surface area (Å²) in [7, 11) is 0. The van der Waals surface area contributed by atoms with Crippen molar-refractivity contribution >= 4 is 11.6 Å². The summed E-state index contributed by atoms with van der Waals surface area (Å²) in [5.41, 5.74) is 0.371. The summed E-state index contributed by atoms with van der Waals surface area (Å²) < 4.78 is 45.9. The quantitative estimate of drug-likeness (QED) is 0.694. The number of benzene rings is 2. The van der Waals surface area contributed by atoms with Gasteiger partial charge in [-0.2, -0.15) is 18.3 Å². The Labute approximate surface area is 159 Å². The predicted octanol–water partition coefficient (Wildman–Crippen LogP) is 3.87. The van der Waals surface area contributed by atoms with Gasteiger partial charge in [0.25, 0.3) is 5.91 Å². The van der Waals surface area contributed by atoms with Crippen LogP contribution in [0.25, 0.3) is 5.69 Å². The number of hydrogen-bond acceptors (Lipinski definition) is 4. The van der Waals surface area contributed by atoms with Gasteiger partial charge in [0.15, 0.2) is 6.61 Å². The first kappa shape index (κ1) is 19.4. The lowest BCUT2D eigenvalue weighted by Crippen LogP contribution is -2.21. The van der Waals surface area contributed by atoms with Crippen LogP contribution in [0.4, 0.5) is 18.9 Å². The van der Waals surface area contributed by atoms with Gasteiger partial charge in [0, 0.05) is 0 Å². The number of aryl methyl sites for hydroxylation is 1. The summed E-state index contributed by atoms with van der Waals surface area (Å²) in [5.74, 6) is -0.0855. The monoisotopic (exact) mass is 390 g/mol. The van der Waals surface area contributed by atoms with E-state index in [0.29, 0.717) is 5.75 Å². The third-order valence-corrected chi connectivity index (χ3v) is 3.94. The number of carbonyl (C=O) groups is 1. The van der Waals surface area contributed by atoms with E-state index in [-0.39, 0.29) is 18.0 Å². The summed E-state index contributed by atoms with van der Waals surface area (Å²) >= 11 is 0.